The van der Waals surface area contributed by atoms with Crippen LogP contribution in [0, 0.1) is 0 Å². The van der Waals surface area contributed by atoms with Crippen molar-refractivity contribution in [2.75, 3.05) is 18.5 Å². The fourth-order valence-corrected chi connectivity index (χ4v) is 4.68. The van der Waals surface area contributed by atoms with E-state index in [0.717, 1.165) is 35.3 Å². The molecule has 1 aliphatic rings. The summed E-state index contributed by atoms with van der Waals surface area (Å²) in [4.78, 5) is 36.6. The molecular formula is C22H20N6O2S. The molecule has 0 bridgehead atoms. The number of amides is 1. The quantitative estimate of drug-likeness (QED) is 0.488. The number of carbonyl (C=O) groups is 2. The molecule has 1 aliphatic heterocycles. The number of fused-ring (bicyclic) bond motifs is 1. The molecule has 1 saturated heterocycles. The van der Waals surface area contributed by atoms with Gasteiger partial charge in [-0.15, -0.1) is 11.3 Å². The number of nitrogens with zero attached hydrogens (tertiary/aromatic N) is 5. The van der Waals surface area contributed by atoms with Crippen LogP contribution in [0.25, 0.3) is 27.5 Å². The second-order valence-electron chi connectivity index (χ2n) is 7.34. The zero-order valence-electron chi connectivity index (χ0n) is 16.9. The number of anilines is 1. The van der Waals surface area contributed by atoms with Crippen molar-refractivity contribution in [3.8, 4) is 21.8 Å². The number of thiophene rings is 1. The van der Waals surface area contributed by atoms with Gasteiger partial charge in [0.15, 0.2) is 5.65 Å². The summed E-state index contributed by atoms with van der Waals surface area (Å²) in [6.07, 6.45) is 6.03. The highest BCUT2D eigenvalue weighted by Gasteiger charge is 2.31. The maximum atomic E-state index is 12.3. The molecule has 4 aromatic heterocycles. The van der Waals surface area contributed by atoms with E-state index in [0.29, 0.717) is 29.3 Å². The van der Waals surface area contributed by atoms with E-state index in [1.54, 1.807) is 41.2 Å². The monoisotopic (exact) mass is 432 g/mol. The summed E-state index contributed by atoms with van der Waals surface area (Å²) in [5, 5.41) is 9.14. The fourth-order valence-electron chi connectivity index (χ4n) is 3.98. The topological polar surface area (TPSA) is 92.5 Å². The molecule has 5 heterocycles. The Balaban J connectivity index is 1.61. The number of hydrogen-bond acceptors (Lipinski definition) is 7. The van der Waals surface area contributed by atoms with Crippen molar-refractivity contribution in [2.24, 2.45) is 0 Å². The molecular weight excluding hydrogens is 412 g/mol. The van der Waals surface area contributed by atoms with Crippen molar-refractivity contribution in [1.29, 1.82) is 0 Å². The maximum absolute atomic E-state index is 12.3. The van der Waals surface area contributed by atoms with Gasteiger partial charge >= 0.3 is 0 Å². The van der Waals surface area contributed by atoms with Gasteiger partial charge in [0.2, 0.25) is 5.91 Å². The lowest BCUT2D eigenvalue weighted by Gasteiger charge is -2.25. The highest BCUT2D eigenvalue weighted by Crippen LogP contribution is 2.31. The fraction of sp³-hybridized carbons (Fsp3) is 0.227. The van der Waals surface area contributed by atoms with E-state index in [1.165, 1.54) is 0 Å². The van der Waals surface area contributed by atoms with Gasteiger partial charge in [0.25, 0.3) is 0 Å². The highest BCUT2D eigenvalue weighted by molar-refractivity contribution is 7.13. The Morgan fingerprint density at radius 1 is 1.26 bits per heavy atom. The van der Waals surface area contributed by atoms with Gasteiger partial charge in [-0.2, -0.15) is 5.10 Å². The van der Waals surface area contributed by atoms with Crippen LogP contribution >= 0.6 is 11.3 Å². The van der Waals surface area contributed by atoms with Crippen LogP contribution in [0.4, 0.5) is 5.82 Å². The van der Waals surface area contributed by atoms with E-state index in [4.69, 9.17) is 9.97 Å². The SMILES string of the molecule is CNC(=O)C1CCCN1c1cc(C=O)cc(-c2cnn3ccc(-c4cccs4)nc23)n1. The van der Waals surface area contributed by atoms with Crippen molar-refractivity contribution in [1.82, 2.24) is 24.9 Å². The van der Waals surface area contributed by atoms with Crippen LogP contribution in [-0.2, 0) is 4.79 Å². The van der Waals surface area contributed by atoms with Gasteiger partial charge in [-0.1, -0.05) is 6.07 Å². The summed E-state index contributed by atoms with van der Waals surface area (Å²) in [5.41, 5.74) is 3.36. The van der Waals surface area contributed by atoms with Crippen molar-refractivity contribution in [2.45, 2.75) is 18.9 Å². The first-order valence-electron chi connectivity index (χ1n) is 10.0. The molecule has 4 aromatic rings. The van der Waals surface area contributed by atoms with Crippen molar-refractivity contribution in [3.05, 3.63) is 53.7 Å². The van der Waals surface area contributed by atoms with Crippen molar-refractivity contribution in [3.63, 3.8) is 0 Å². The van der Waals surface area contributed by atoms with E-state index in [9.17, 15) is 9.59 Å². The minimum Gasteiger partial charge on any atom is -0.357 e. The van der Waals surface area contributed by atoms with Gasteiger partial charge in [0.05, 0.1) is 28.0 Å². The molecule has 1 unspecified atom stereocenters. The molecule has 0 spiro atoms. The summed E-state index contributed by atoms with van der Waals surface area (Å²) in [7, 11) is 1.63. The lowest BCUT2D eigenvalue weighted by atomic mass is 10.1. The van der Waals surface area contributed by atoms with Gasteiger partial charge < -0.3 is 10.2 Å². The van der Waals surface area contributed by atoms with Crippen molar-refractivity contribution >= 4 is 35.0 Å². The molecule has 0 aliphatic carbocycles. The molecule has 8 nitrogen and oxygen atoms in total. The second-order valence-corrected chi connectivity index (χ2v) is 8.29. The van der Waals surface area contributed by atoms with Gasteiger partial charge in [0.1, 0.15) is 18.1 Å². The molecule has 1 N–H and O–H groups in total. The molecule has 0 aromatic carbocycles. The predicted molar refractivity (Wildman–Crippen MR) is 119 cm³/mol. The first kappa shape index (κ1) is 19.4. The maximum Gasteiger partial charge on any atom is 0.242 e. The van der Waals surface area contributed by atoms with Crippen LogP contribution < -0.4 is 10.2 Å². The number of likely N-dealkylation sites (N-methyl/N-ethyl adjacent to an activating group) is 1. The van der Waals surface area contributed by atoms with Crippen LogP contribution in [0.5, 0.6) is 0 Å². The normalized spacial score (nSPS) is 16.0. The van der Waals surface area contributed by atoms with Crippen LogP contribution in [0.2, 0.25) is 0 Å². The molecule has 31 heavy (non-hydrogen) atoms. The first-order valence-corrected chi connectivity index (χ1v) is 10.9. The van der Waals surface area contributed by atoms with Crippen LogP contribution in [0.3, 0.4) is 0 Å². The molecule has 1 amide bonds. The number of aldehydes is 1. The standard InChI is InChI=1S/C22H20N6O2S/c1-23-22(30)18-4-2-7-27(18)20-11-14(13-29)10-17(25-20)15-12-24-28-8-6-16(26-21(15)28)19-5-3-9-31-19/h3,5-6,8-13,18H,2,4,7H2,1H3,(H,23,30). The third kappa shape index (κ3) is 3.46. The Bertz CT molecular complexity index is 1270. The number of pyridine rings is 1. The zero-order valence-corrected chi connectivity index (χ0v) is 17.7. The largest absolute Gasteiger partial charge is 0.357 e. The smallest absolute Gasteiger partial charge is 0.242 e. The molecule has 0 radical (unpaired) electrons. The third-order valence-corrected chi connectivity index (χ3v) is 6.38. The third-order valence-electron chi connectivity index (χ3n) is 5.49. The summed E-state index contributed by atoms with van der Waals surface area (Å²) >= 11 is 1.62. The average Bonchev–Trinajstić information content (AvgIpc) is 3.58. The lowest BCUT2D eigenvalue weighted by Crippen LogP contribution is -2.42. The molecule has 0 saturated carbocycles. The Morgan fingerprint density at radius 3 is 2.94 bits per heavy atom. The Morgan fingerprint density at radius 2 is 2.16 bits per heavy atom. The molecule has 1 fully saturated rings. The van der Waals surface area contributed by atoms with Gasteiger partial charge in [-0.25, -0.2) is 14.5 Å². The highest BCUT2D eigenvalue weighted by atomic mass is 32.1. The average molecular weight is 433 g/mol. The van der Waals surface area contributed by atoms with Crippen LogP contribution in [-0.4, -0.2) is 51.4 Å². The molecule has 9 heteroatoms. The molecule has 1 atom stereocenters. The summed E-state index contributed by atoms with van der Waals surface area (Å²) < 4.78 is 1.70. The molecule has 5 rings (SSSR count). The van der Waals surface area contributed by atoms with Gasteiger partial charge in [-0.3, -0.25) is 9.59 Å². The van der Waals surface area contributed by atoms with Crippen molar-refractivity contribution < 1.29 is 9.59 Å². The number of rotatable bonds is 5. The Hall–Kier alpha value is -3.59. The van der Waals surface area contributed by atoms with Crippen LogP contribution in [0.15, 0.2) is 48.1 Å². The summed E-state index contributed by atoms with van der Waals surface area (Å²) in [6, 6.07) is 9.11. The van der Waals surface area contributed by atoms with E-state index in [-0.39, 0.29) is 11.9 Å². The second kappa shape index (κ2) is 7.92. The summed E-state index contributed by atoms with van der Waals surface area (Å²) in [5.74, 6) is 0.565. The van der Waals surface area contributed by atoms with E-state index >= 15 is 0 Å². The minimum absolute atomic E-state index is 0.0457. The first-order chi connectivity index (χ1) is 15.2. The predicted octanol–water partition coefficient (Wildman–Crippen LogP) is 3.05. The van der Waals surface area contributed by atoms with E-state index in [1.807, 2.05) is 34.7 Å². The molecule has 156 valence electrons. The number of nitrogens with one attached hydrogen (secondary N) is 1. The zero-order chi connectivity index (χ0) is 21.4. The van der Waals surface area contributed by atoms with Gasteiger partial charge in [0, 0.05) is 25.4 Å². The van der Waals surface area contributed by atoms with Crippen LogP contribution in [0.1, 0.15) is 23.2 Å². The minimum atomic E-state index is -0.292. The Labute approximate surface area is 182 Å². The number of hydrogen-bond donors (Lipinski definition) is 1. The van der Waals surface area contributed by atoms with E-state index in [2.05, 4.69) is 10.4 Å². The van der Waals surface area contributed by atoms with Gasteiger partial charge in [-0.05, 0) is 42.5 Å². The Kier molecular flexibility index (Phi) is 4.95. The lowest BCUT2D eigenvalue weighted by molar-refractivity contribution is -0.121. The number of carbonyl (C=O) groups excluding carboxylic acids is 2. The van der Waals surface area contributed by atoms with E-state index < -0.39 is 0 Å². The summed E-state index contributed by atoms with van der Waals surface area (Å²) in [6.45, 7) is 0.711. The number of aromatic nitrogens is 4.